The molecule has 1 aromatic rings. The number of sulfone groups is 1. The highest BCUT2D eigenvalue weighted by atomic mass is 32.2. The Hall–Kier alpha value is -1.47. The van der Waals surface area contributed by atoms with Gasteiger partial charge in [0.15, 0.2) is 9.84 Å². The molecule has 0 aliphatic heterocycles. The van der Waals surface area contributed by atoms with Crippen molar-refractivity contribution in [1.29, 1.82) is 0 Å². The van der Waals surface area contributed by atoms with Crippen LogP contribution in [0.15, 0.2) is 24.3 Å². The molecule has 0 spiro atoms. The normalized spacial score (nSPS) is 22.9. The van der Waals surface area contributed by atoms with Crippen LogP contribution < -0.4 is 5.32 Å². The largest absolute Gasteiger partial charge is 0.309 e. The molecule has 1 aromatic carbocycles. The lowest BCUT2D eigenvalue weighted by Gasteiger charge is -2.19. The third kappa shape index (κ3) is 3.55. The monoisotopic (exact) mass is 298 g/mol. The van der Waals surface area contributed by atoms with Gasteiger partial charge in [-0.1, -0.05) is 18.6 Å². The summed E-state index contributed by atoms with van der Waals surface area (Å²) >= 11 is 0. The second-order valence-corrected chi connectivity index (χ2v) is 7.47. The fourth-order valence-electron chi connectivity index (χ4n) is 2.66. The highest BCUT2D eigenvalue weighted by molar-refractivity contribution is 7.91. The predicted octanol–water partition coefficient (Wildman–Crippen LogP) is 1.65. The standard InChI is InChI=1S/C13H18N2O4S/c1-20(18,19)13-4-2-3-12(13)14-9-10-5-7-11(8-6-10)15(16)17/h5-8,12-14H,2-4,9H2,1H3. The van der Waals surface area contributed by atoms with Crippen LogP contribution in [0.3, 0.4) is 0 Å². The maximum absolute atomic E-state index is 11.7. The van der Waals surface area contributed by atoms with Crippen molar-refractivity contribution in [2.75, 3.05) is 6.26 Å². The highest BCUT2D eigenvalue weighted by Crippen LogP contribution is 2.25. The van der Waals surface area contributed by atoms with Crippen LogP contribution in [0.5, 0.6) is 0 Å². The van der Waals surface area contributed by atoms with Crippen LogP contribution in [-0.2, 0) is 16.4 Å². The van der Waals surface area contributed by atoms with Crippen LogP contribution in [0.1, 0.15) is 24.8 Å². The van der Waals surface area contributed by atoms with E-state index in [0.717, 1.165) is 18.4 Å². The fourth-order valence-corrected chi connectivity index (χ4v) is 4.08. The topological polar surface area (TPSA) is 89.3 Å². The summed E-state index contributed by atoms with van der Waals surface area (Å²) in [6.45, 7) is 0.523. The molecule has 1 saturated carbocycles. The molecule has 2 rings (SSSR count). The van der Waals surface area contributed by atoms with E-state index < -0.39 is 14.8 Å². The van der Waals surface area contributed by atoms with Gasteiger partial charge in [0.2, 0.25) is 0 Å². The highest BCUT2D eigenvalue weighted by Gasteiger charge is 2.34. The first kappa shape index (κ1) is 14.9. The number of benzene rings is 1. The first-order chi connectivity index (χ1) is 9.38. The molecule has 1 fully saturated rings. The van der Waals surface area contributed by atoms with Crippen LogP contribution in [0, 0.1) is 10.1 Å². The van der Waals surface area contributed by atoms with E-state index in [1.165, 1.54) is 18.4 Å². The molecule has 0 amide bonds. The van der Waals surface area contributed by atoms with Crippen molar-refractivity contribution >= 4 is 15.5 Å². The molecular weight excluding hydrogens is 280 g/mol. The van der Waals surface area contributed by atoms with Gasteiger partial charge in [0.1, 0.15) is 0 Å². The van der Waals surface area contributed by atoms with Crippen molar-refractivity contribution in [3.63, 3.8) is 0 Å². The van der Waals surface area contributed by atoms with E-state index in [1.807, 2.05) is 0 Å². The molecule has 2 unspecified atom stereocenters. The summed E-state index contributed by atoms with van der Waals surface area (Å²) in [5.74, 6) is 0. The number of nitro groups is 1. The van der Waals surface area contributed by atoms with Crippen molar-refractivity contribution in [3.8, 4) is 0 Å². The molecule has 7 heteroatoms. The molecule has 0 heterocycles. The smallest absolute Gasteiger partial charge is 0.269 e. The second kappa shape index (κ2) is 5.88. The SMILES string of the molecule is CS(=O)(=O)C1CCCC1NCc1ccc([N+](=O)[O-])cc1. The zero-order chi connectivity index (χ0) is 14.8. The van der Waals surface area contributed by atoms with Gasteiger partial charge in [-0.05, 0) is 18.4 Å². The average molecular weight is 298 g/mol. The summed E-state index contributed by atoms with van der Waals surface area (Å²) in [6, 6.07) is 6.27. The predicted molar refractivity (Wildman–Crippen MR) is 76.2 cm³/mol. The van der Waals surface area contributed by atoms with Crippen molar-refractivity contribution in [1.82, 2.24) is 5.32 Å². The van der Waals surface area contributed by atoms with E-state index in [0.29, 0.717) is 13.0 Å². The number of nitrogens with zero attached hydrogens (tertiary/aromatic N) is 1. The minimum atomic E-state index is -3.03. The van der Waals surface area contributed by atoms with E-state index in [9.17, 15) is 18.5 Å². The minimum Gasteiger partial charge on any atom is -0.309 e. The van der Waals surface area contributed by atoms with E-state index >= 15 is 0 Å². The third-order valence-corrected chi connectivity index (χ3v) is 5.38. The summed E-state index contributed by atoms with van der Waals surface area (Å²) in [4.78, 5) is 10.1. The van der Waals surface area contributed by atoms with Crippen LogP contribution >= 0.6 is 0 Å². The summed E-state index contributed by atoms with van der Waals surface area (Å²) in [5, 5.41) is 13.5. The zero-order valence-corrected chi connectivity index (χ0v) is 12.1. The molecular formula is C13H18N2O4S. The fraction of sp³-hybridized carbons (Fsp3) is 0.538. The molecule has 20 heavy (non-hydrogen) atoms. The number of nitrogens with one attached hydrogen (secondary N) is 1. The number of rotatable bonds is 5. The lowest BCUT2D eigenvalue weighted by Crippen LogP contribution is -2.39. The van der Waals surface area contributed by atoms with Crippen molar-refractivity contribution in [2.24, 2.45) is 0 Å². The summed E-state index contributed by atoms with van der Waals surface area (Å²) < 4.78 is 23.3. The van der Waals surface area contributed by atoms with E-state index in [1.54, 1.807) is 12.1 Å². The van der Waals surface area contributed by atoms with Gasteiger partial charge in [0.05, 0.1) is 10.2 Å². The first-order valence-corrected chi connectivity index (χ1v) is 8.49. The van der Waals surface area contributed by atoms with Gasteiger partial charge in [-0.3, -0.25) is 10.1 Å². The third-order valence-electron chi connectivity index (χ3n) is 3.72. The van der Waals surface area contributed by atoms with Crippen LogP contribution in [-0.4, -0.2) is 30.9 Å². The molecule has 0 aromatic heterocycles. The van der Waals surface area contributed by atoms with Crippen LogP contribution in [0.2, 0.25) is 0 Å². The van der Waals surface area contributed by atoms with Crippen molar-refractivity contribution in [2.45, 2.75) is 37.1 Å². The molecule has 6 nitrogen and oxygen atoms in total. The van der Waals surface area contributed by atoms with E-state index in [4.69, 9.17) is 0 Å². The molecule has 1 aliphatic rings. The van der Waals surface area contributed by atoms with Crippen molar-refractivity contribution < 1.29 is 13.3 Å². The Morgan fingerprint density at radius 2 is 1.95 bits per heavy atom. The maximum Gasteiger partial charge on any atom is 0.269 e. The number of hydrogen-bond donors (Lipinski definition) is 1. The van der Waals surface area contributed by atoms with Gasteiger partial charge in [0, 0.05) is 31.0 Å². The Balaban J connectivity index is 1.96. The summed E-state index contributed by atoms with van der Waals surface area (Å²) in [7, 11) is -3.03. The molecule has 2 atom stereocenters. The molecule has 0 radical (unpaired) electrons. The summed E-state index contributed by atoms with van der Waals surface area (Å²) in [5.41, 5.74) is 0.971. The second-order valence-electron chi connectivity index (χ2n) is 5.21. The molecule has 1 N–H and O–H groups in total. The Morgan fingerprint density at radius 1 is 1.30 bits per heavy atom. The number of nitro benzene ring substituents is 1. The first-order valence-electron chi connectivity index (χ1n) is 6.53. The molecule has 0 saturated heterocycles. The average Bonchev–Trinajstić information content (AvgIpc) is 2.85. The van der Waals surface area contributed by atoms with E-state index in [2.05, 4.69) is 5.32 Å². The van der Waals surface area contributed by atoms with E-state index in [-0.39, 0.29) is 17.0 Å². The quantitative estimate of drug-likeness (QED) is 0.659. The zero-order valence-electron chi connectivity index (χ0n) is 11.3. The minimum absolute atomic E-state index is 0.0276. The van der Waals surface area contributed by atoms with Gasteiger partial charge >= 0.3 is 0 Å². The number of non-ortho nitro benzene ring substituents is 1. The lowest BCUT2D eigenvalue weighted by molar-refractivity contribution is -0.384. The Morgan fingerprint density at radius 3 is 2.50 bits per heavy atom. The van der Waals surface area contributed by atoms with Crippen LogP contribution in [0.25, 0.3) is 0 Å². The van der Waals surface area contributed by atoms with Gasteiger partial charge in [-0.15, -0.1) is 0 Å². The summed E-state index contributed by atoms with van der Waals surface area (Å²) in [6.07, 6.45) is 3.75. The Kier molecular flexibility index (Phi) is 4.39. The van der Waals surface area contributed by atoms with Crippen LogP contribution in [0.4, 0.5) is 5.69 Å². The van der Waals surface area contributed by atoms with Gasteiger partial charge in [-0.25, -0.2) is 8.42 Å². The Bertz CT molecular complexity index is 583. The van der Waals surface area contributed by atoms with Crippen molar-refractivity contribution in [3.05, 3.63) is 39.9 Å². The number of hydrogen-bond acceptors (Lipinski definition) is 5. The molecule has 0 bridgehead atoms. The van der Waals surface area contributed by atoms with Gasteiger partial charge in [0.25, 0.3) is 5.69 Å². The van der Waals surface area contributed by atoms with Gasteiger partial charge < -0.3 is 5.32 Å². The maximum atomic E-state index is 11.7. The Labute approximate surface area is 118 Å². The lowest BCUT2D eigenvalue weighted by atomic mass is 10.2. The van der Waals surface area contributed by atoms with Gasteiger partial charge in [-0.2, -0.15) is 0 Å². The molecule has 1 aliphatic carbocycles. The molecule has 110 valence electrons.